The molecule has 0 aliphatic carbocycles. The summed E-state index contributed by atoms with van der Waals surface area (Å²) in [5.41, 5.74) is 3.08. The van der Waals surface area contributed by atoms with Crippen molar-refractivity contribution in [1.82, 2.24) is 5.32 Å². The molecule has 1 heterocycles. The number of hydrogen-bond donors (Lipinski definition) is 1. The highest BCUT2D eigenvalue weighted by molar-refractivity contribution is 6.02. The number of carbonyl (C=O) groups is 2. The van der Waals surface area contributed by atoms with Crippen molar-refractivity contribution in [3.05, 3.63) is 65.7 Å². The van der Waals surface area contributed by atoms with Crippen LogP contribution in [-0.2, 0) is 22.4 Å². The molecule has 0 radical (unpaired) electrons. The SMILES string of the molecule is CC(=O)N1c2ccccc2C[C@H]1C(=O)NCCc1ccccc1. The molecule has 4 heteroatoms. The zero-order chi connectivity index (χ0) is 16.2. The molecule has 0 bridgehead atoms. The predicted octanol–water partition coefficient (Wildman–Crippen LogP) is 2.32. The van der Waals surface area contributed by atoms with E-state index in [1.807, 2.05) is 54.6 Å². The molecule has 0 aromatic heterocycles. The maximum Gasteiger partial charge on any atom is 0.243 e. The molecule has 1 aliphatic rings. The van der Waals surface area contributed by atoms with Crippen LogP contribution in [0.2, 0.25) is 0 Å². The molecule has 2 aromatic rings. The summed E-state index contributed by atoms with van der Waals surface area (Å²) < 4.78 is 0. The van der Waals surface area contributed by atoms with E-state index >= 15 is 0 Å². The van der Waals surface area contributed by atoms with Gasteiger partial charge in [0.15, 0.2) is 0 Å². The van der Waals surface area contributed by atoms with Gasteiger partial charge >= 0.3 is 0 Å². The summed E-state index contributed by atoms with van der Waals surface area (Å²) in [4.78, 5) is 26.1. The minimum atomic E-state index is -0.444. The maximum absolute atomic E-state index is 12.5. The minimum Gasteiger partial charge on any atom is -0.354 e. The summed E-state index contributed by atoms with van der Waals surface area (Å²) in [6, 6.07) is 17.3. The molecule has 1 atom stereocenters. The Hall–Kier alpha value is -2.62. The molecule has 118 valence electrons. The van der Waals surface area contributed by atoms with Crippen LogP contribution in [0.3, 0.4) is 0 Å². The van der Waals surface area contributed by atoms with Crippen LogP contribution in [0.5, 0.6) is 0 Å². The van der Waals surface area contributed by atoms with Gasteiger partial charge in [-0.05, 0) is 23.6 Å². The van der Waals surface area contributed by atoms with Crippen molar-refractivity contribution in [3.8, 4) is 0 Å². The molecule has 4 nitrogen and oxygen atoms in total. The molecule has 1 N–H and O–H groups in total. The highest BCUT2D eigenvalue weighted by Gasteiger charge is 2.36. The Bertz CT molecular complexity index is 712. The Morgan fingerprint density at radius 1 is 1.09 bits per heavy atom. The highest BCUT2D eigenvalue weighted by atomic mass is 16.2. The van der Waals surface area contributed by atoms with E-state index in [-0.39, 0.29) is 11.8 Å². The average molecular weight is 308 g/mol. The quantitative estimate of drug-likeness (QED) is 0.942. The third-order valence-corrected chi connectivity index (χ3v) is 4.17. The minimum absolute atomic E-state index is 0.0904. The van der Waals surface area contributed by atoms with Crippen molar-refractivity contribution >= 4 is 17.5 Å². The molecule has 2 amide bonds. The number of anilines is 1. The lowest BCUT2D eigenvalue weighted by Gasteiger charge is -2.23. The summed E-state index contributed by atoms with van der Waals surface area (Å²) in [6.07, 6.45) is 1.36. The van der Waals surface area contributed by atoms with Crippen LogP contribution in [0.4, 0.5) is 5.69 Å². The summed E-state index contributed by atoms with van der Waals surface area (Å²) in [7, 11) is 0. The third-order valence-electron chi connectivity index (χ3n) is 4.17. The van der Waals surface area contributed by atoms with Crippen molar-refractivity contribution in [2.45, 2.75) is 25.8 Å². The fourth-order valence-electron chi connectivity index (χ4n) is 3.08. The van der Waals surface area contributed by atoms with Crippen molar-refractivity contribution < 1.29 is 9.59 Å². The number of rotatable bonds is 4. The zero-order valence-corrected chi connectivity index (χ0v) is 13.2. The smallest absolute Gasteiger partial charge is 0.243 e. The van der Waals surface area contributed by atoms with Crippen molar-refractivity contribution in [2.24, 2.45) is 0 Å². The van der Waals surface area contributed by atoms with Gasteiger partial charge in [-0.15, -0.1) is 0 Å². The van der Waals surface area contributed by atoms with Gasteiger partial charge in [0.25, 0.3) is 0 Å². The molecular weight excluding hydrogens is 288 g/mol. The first-order chi connectivity index (χ1) is 11.2. The van der Waals surface area contributed by atoms with E-state index < -0.39 is 6.04 Å². The Morgan fingerprint density at radius 2 is 1.78 bits per heavy atom. The van der Waals surface area contributed by atoms with Gasteiger partial charge in [0, 0.05) is 25.6 Å². The van der Waals surface area contributed by atoms with E-state index in [1.54, 1.807) is 4.90 Å². The number of amides is 2. The van der Waals surface area contributed by atoms with Crippen LogP contribution >= 0.6 is 0 Å². The van der Waals surface area contributed by atoms with Gasteiger partial charge in [0.2, 0.25) is 11.8 Å². The second-order valence-electron chi connectivity index (χ2n) is 5.76. The molecule has 0 fully saturated rings. The first kappa shape index (κ1) is 15.3. The number of para-hydroxylation sites is 1. The third kappa shape index (κ3) is 3.26. The van der Waals surface area contributed by atoms with Gasteiger partial charge in [0.05, 0.1) is 0 Å². The summed E-state index contributed by atoms with van der Waals surface area (Å²) in [5.74, 6) is -0.189. The zero-order valence-electron chi connectivity index (χ0n) is 13.2. The standard InChI is InChI=1S/C19H20N2O2/c1-14(22)21-17-10-6-5-9-16(17)13-18(21)19(23)20-12-11-15-7-3-2-4-8-15/h2-10,18H,11-13H2,1H3,(H,20,23)/t18-/m0/s1. The number of benzene rings is 2. The molecule has 23 heavy (non-hydrogen) atoms. The Labute approximate surface area is 136 Å². The van der Waals surface area contributed by atoms with Gasteiger partial charge < -0.3 is 5.32 Å². The first-order valence-corrected chi connectivity index (χ1v) is 7.86. The van der Waals surface area contributed by atoms with Gasteiger partial charge in [0.1, 0.15) is 6.04 Å². The second-order valence-corrected chi connectivity index (χ2v) is 5.76. The van der Waals surface area contributed by atoms with Crippen LogP contribution in [0.1, 0.15) is 18.1 Å². The monoisotopic (exact) mass is 308 g/mol. The fraction of sp³-hybridized carbons (Fsp3) is 0.263. The molecule has 0 saturated carbocycles. The van der Waals surface area contributed by atoms with Crippen molar-refractivity contribution in [2.75, 3.05) is 11.4 Å². The van der Waals surface area contributed by atoms with E-state index in [0.29, 0.717) is 13.0 Å². The lowest BCUT2D eigenvalue weighted by atomic mass is 10.1. The van der Waals surface area contributed by atoms with E-state index in [1.165, 1.54) is 12.5 Å². The Kier molecular flexibility index (Phi) is 4.42. The summed E-state index contributed by atoms with van der Waals surface area (Å²) >= 11 is 0. The molecule has 0 spiro atoms. The fourth-order valence-corrected chi connectivity index (χ4v) is 3.08. The van der Waals surface area contributed by atoms with Gasteiger partial charge in [-0.1, -0.05) is 48.5 Å². The number of fused-ring (bicyclic) bond motifs is 1. The lowest BCUT2D eigenvalue weighted by molar-refractivity contribution is -0.125. The second kappa shape index (κ2) is 6.65. The number of hydrogen-bond acceptors (Lipinski definition) is 2. The normalized spacial score (nSPS) is 16.0. The van der Waals surface area contributed by atoms with Crippen LogP contribution in [0.15, 0.2) is 54.6 Å². The maximum atomic E-state index is 12.5. The van der Waals surface area contributed by atoms with E-state index in [4.69, 9.17) is 0 Å². The highest BCUT2D eigenvalue weighted by Crippen LogP contribution is 2.32. The van der Waals surface area contributed by atoms with E-state index in [9.17, 15) is 9.59 Å². The van der Waals surface area contributed by atoms with Crippen LogP contribution in [0.25, 0.3) is 0 Å². The Morgan fingerprint density at radius 3 is 2.52 bits per heavy atom. The van der Waals surface area contributed by atoms with E-state index in [0.717, 1.165) is 17.7 Å². The number of nitrogens with zero attached hydrogens (tertiary/aromatic N) is 1. The number of nitrogens with one attached hydrogen (secondary N) is 1. The average Bonchev–Trinajstić information content (AvgIpc) is 2.95. The largest absolute Gasteiger partial charge is 0.354 e. The lowest BCUT2D eigenvalue weighted by Crippen LogP contribution is -2.47. The van der Waals surface area contributed by atoms with Crippen molar-refractivity contribution in [1.29, 1.82) is 0 Å². The van der Waals surface area contributed by atoms with Gasteiger partial charge in [-0.3, -0.25) is 14.5 Å². The van der Waals surface area contributed by atoms with Crippen molar-refractivity contribution in [3.63, 3.8) is 0 Å². The first-order valence-electron chi connectivity index (χ1n) is 7.86. The molecular formula is C19H20N2O2. The molecule has 0 saturated heterocycles. The van der Waals surface area contributed by atoms with Gasteiger partial charge in [-0.25, -0.2) is 0 Å². The van der Waals surface area contributed by atoms with Gasteiger partial charge in [-0.2, -0.15) is 0 Å². The topological polar surface area (TPSA) is 49.4 Å². The summed E-state index contributed by atoms with van der Waals surface area (Å²) in [6.45, 7) is 2.08. The molecule has 3 rings (SSSR count). The summed E-state index contributed by atoms with van der Waals surface area (Å²) in [5, 5.41) is 2.96. The van der Waals surface area contributed by atoms with E-state index in [2.05, 4.69) is 5.32 Å². The Balaban J connectivity index is 1.64. The van der Waals surface area contributed by atoms with Crippen LogP contribution in [0, 0.1) is 0 Å². The van der Waals surface area contributed by atoms with Crippen LogP contribution < -0.4 is 10.2 Å². The van der Waals surface area contributed by atoms with Crippen LogP contribution in [-0.4, -0.2) is 24.4 Å². The molecule has 2 aromatic carbocycles. The molecule has 0 unspecified atom stereocenters. The molecule has 1 aliphatic heterocycles. The number of carbonyl (C=O) groups excluding carboxylic acids is 2. The predicted molar refractivity (Wildman–Crippen MR) is 90.2 cm³/mol.